The summed E-state index contributed by atoms with van der Waals surface area (Å²) in [4.78, 5) is 25.9. The molecule has 0 aliphatic carbocycles. The molecule has 0 spiro atoms. The second-order valence-corrected chi connectivity index (χ2v) is 6.92. The van der Waals surface area contributed by atoms with Gasteiger partial charge in [-0.05, 0) is 48.7 Å². The molecule has 2 aromatic carbocycles. The molecule has 3 rings (SSSR count). The molecule has 5 nitrogen and oxygen atoms in total. The van der Waals surface area contributed by atoms with Crippen LogP contribution < -0.4 is 0 Å². The molecule has 2 atom stereocenters. The van der Waals surface area contributed by atoms with Gasteiger partial charge in [0.05, 0.1) is 11.7 Å². The maximum absolute atomic E-state index is 14.0. The topological polar surface area (TPSA) is 77.8 Å². The minimum Gasteiger partial charge on any atom is -0.481 e. The van der Waals surface area contributed by atoms with Crippen LogP contribution in [0.25, 0.3) is 0 Å². The van der Waals surface area contributed by atoms with Crippen LogP contribution in [0, 0.1) is 22.9 Å². The average Bonchev–Trinajstić information content (AvgIpc) is 2.66. The number of halogens is 3. The SMILES string of the molecule is O=C(c1cc(F)ccc1F)N1CC[C@@H](O)[C@](Cc2ccc(F)cc2)(C(=O)O)C1. The zero-order valence-electron chi connectivity index (χ0n) is 14.7. The third kappa shape index (κ3) is 3.73. The van der Waals surface area contributed by atoms with E-state index in [0.29, 0.717) is 5.56 Å². The second-order valence-electron chi connectivity index (χ2n) is 6.92. The zero-order valence-corrected chi connectivity index (χ0v) is 14.7. The highest BCUT2D eigenvalue weighted by atomic mass is 19.1. The van der Waals surface area contributed by atoms with Crippen molar-refractivity contribution >= 4 is 11.9 Å². The number of aliphatic carboxylic acids is 1. The van der Waals surface area contributed by atoms with Gasteiger partial charge in [-0.3, -0.25) is 9.59 Å². The van der Waals surface area contributed by atoms with Crippen molar-refractivity contribution in [2.75, 3.05) is 13.1 Å². The molecule has 28 heavy (non-hydrogen) atoms. The van der Waals surface area contributed by atoms with E-state index >= 15 is 0 Å². The van der Waals surface area contributed by atoms with Crippen LogP contribution in [0.3, 0.4) is 0 Å². The maximum atomic E-state index is 14.0. The minimum atomic E-state index is -1.75. The number of hydrogen-bond acceptors (Lipinski definition) is 3. The van der Waals surface area contributed by atoms with Crippen LogP contribution >= 0.6 is 0 Å². The molecule has 0 saturated carbocycles. The van der Waals surface area contributed by atoms with Crippen LogP contribution in [0.4, 0.5) is 13.2 Å². The van der Waals surface area contributed by atoms with Crippen molar-refractivity contribution in [3.8, 4) is 0 Å². The van der Waals surface area contributed by atoms with Crippen LogP contribution in [-0.4, -0.2) is 46.2 Å². The van der Waals surface area contributed by atoms with E-state index < -0.39 is 53.0 Å². The Bertz CT molecular complexity index is 903. The van der Waals surface area contributed by atoms with E-state index in [9.17, 15) is 33.0 Å². The lowest BCUT2D eigenvalue weighted by molar-refractivity contribution is -0.161. The fraction of sp³-hybridized carbons (Fsp3) is 0.300. The van der Waals surface area contributed by atoms with Gasteiger partial charge in [0.1, 0.15) is 22.9 Å². The van der Waals surface area contributed by atoms with E-state index in [1.54, 1.807) is 0 Å². The zero-order chi connectivity index (χ0) is 20.5. The summed E-state index contributed by atoms with van der Waals surface area (Å²) in [5.41, 5.74) is -1.79. The normalized spacial score (nSPS) is 22.1. The second kappa shape index (κ2) is 7.63. The number of aliphatic hydroxyl groups excluding tert-OH is 1. The van der Waals surface area contributed by atoms with Gasteiger partial charge >= 0.3 is 5.97 Å². The van der Waals surface area contributed by atoms with Crippen LogP contribution in [0.15, 0.2) is 42.5 Å². The molecule has 1 saturated heterocycles. The summed E-state index contributed by atoms with van der Waals surface area (Å²) in [6.07, 6.45) is -1.47. The summed E-state index contributed by atoms with van der Waals surface area (Å²) < 4.78 is 40.5. The predicted octanol–water partition coefficient (Wildman–Crippen LogP) is 2.62. The van der Waals surface area contributed by atoms with E-state index in [2.05, 4.69) is 0 Å². The number of carboxylic acids is 1. The van der Waals surface area contributed by atoms with Gasteiger partial charge in [-0.1, -0.05) is 12.1 Å². The number of amides is 1. The molecule has 2 N–H and O–H groups in total. The van der Waals surface area contributed by atoms with Gasteiger partial charge < -0.3 is 15.1 Å². The van der Waals surface area contributed by atoms with Crippen molar-refractivity contribution in [2.24, 2.45) is 5.41 Å². The van der Waals surface area contributed by atoms with E-state index in [4.69, 9.17) is 0 Å². The third-order valence-electron chi connectivity index (χ3n) is 5.09. The Hall–Kier alpha value is -2.87. The molecule has 148 valence electrons. The summed E-state index contributed by atoms with van der Waals surface area (Å²) >= 11 is 0. The van der Waals surface area contributed by atoms with E-state index in [-0.39, 0.29) is 19.4 Å². The average molecular weight is 393 g/mol. The summed E-state index contributed by atoms with van der Waals surface area (Å²) in [5.74, 6) is -4.39. The number of aliphatic hydroxyl groups is 1. The Morgan fingerprint density at radius 3 is 2.36 bits per heavy atom. The van der Waals surface area contributed by atoms with Crippen LogP contribution in [0.2, 0.25) is 0 Å². The lowest BCUT2D eigenvalue weighted by Gasteiger charge is -2.43. The molecule has 0 radical (unpaired) electrons. The number of piperidine rings is 1. The highest BCUT2D eigenvalue weighted by Gasteiger charge is 2.50. The minimum absolute atomic E-state index is 0.00555. The summed E-state index contributed by atoms with van der Waals surface area (Å²) in [6, 6.07) is 7.60. The summed E-state index contributed by atoms with van der Waals surface area (Å²) in [6.45, 7) is -0.399. The molecule has 1 aliphatic rings. The number of carbonyl (C=O) groups excluding carboxylic acids is 1. The quantitative estimate of drug-likeness (QED) is 0.837. The van der Waals surface area contributed by atoms with E-state index in [1.807, 2.05) is 0 Å². The molecule has 1 fully saturated rings. The first-order valence-corrected chi connectivity index (χ1v) is 8.63. The first-order valence-electron chi connectivity index (χ1n) is 8.63. The number of carbonyl (C=O) groups is 2. The predicted molar refractivity (Wildman–Crippen MR) is 93.1 cm³/mol. The van der Waals surface area contributed by atoms with Crippen molar-refractivity contribution in [3.63, 3.8) is 0 Å². The number of likely N-dealkylation sites (tertiary alicyclic amines) is 1. The summed E-state index contributed by atoms with van der Waals surface area (Å²) in [5, 5.41) is 20.3. The van der Waals surface area contributed by atoms with Crippen molar-refractivity contribution in [1.82, 2.24) is 4.90 Å². The molecule has 0 bridgehead atoms. The lowest BCUT2D eigenvalue weighted by atomic mass is 9.72. The highest BCUT2D eigenvalue weighted by molar-refractivity contribution is 5.95. The smallest absolute Gasteiger partial charge is 0.314 e. The molecular formula is C20H18F3NO4. The van der Waals surface area contributed by atoms with Gasteiger partial charge in [-0.25, -0.2) is 13.2 Å². The van der Waals surface area contributed by atoms with Crippen LogP contribution in [-0.2, 0) is 11.2 Å². The first-order chi connectivity index (χ1) is 13.2. The number of carboxylic acid groups (broad SMARTS) is 1. The fourth-order valence-electron chi connectivity index (χ4n) is 3.51. The molecular weight excluding hydrogens is 375 g/mol. The number of rotatable bonds is 4. The molecule has 0 aromatic heterocycles. The van der Waals surface area contributed by atoms with Gasteiger partial charge in [0, 0.05) is 13.1 Å². The van der Waals surface area contributed by atoms with E-state index in [0.717, 1.165) is 23.1 Å². The maximum Gasteiger partial charge on any atom is 0.314 e. The Kier molecular flexibility index (Phi) is 5.42. The van der Waals surface area contributed by atoms with Crippen molar-refractivity contribution in [3.05, 3.63) is 71.0 Å². The third-order valence-corrected chi connectivity index (χ3v) is 5.09. The van der Waals surface area contributed by atoms with Crippen LogP contribution in [0.1, 0.15) is 22.3 Å². The largest absolute Gasteiger partial charge is 0.481 e. The molecule has 1 amide bonds. The van der Waals surface area contributed by atoms with Crippen LogP contribution in [0.5, 0.6) is 0 Å². The molecule has 1 heterocycles. The Labute approximate surface area is 159 Å². The van der Waals surface area contributed by atoms with Gasteiger partial charge in [0.15, 0.2) is 0 Å². The Morgan fingerprint density at radius 1 is 1.07 bits per heavy atom. The van der Waals surface area contributed by atoms with E-state index in [1.165, 1.54) is 24.3 Å². The molecule has 8 heteroatoms. The lowest BCUT2D eigenvalue weighted by Crippen LogP contribution is -2.58. The standard InChI is InChI=1S/C20H18F3NO4/c21-13-3-1-12(2-4-13)10-20(19(27)28)11-24(8-7-17(20)25)18(26)15-9-14(22)5-6-16(15)23/h1-6,9,17,25H,7-8,10-11H2,(H,27,28)/t17-,20-/m1/s1. The molecule has 2 aromatic rings. The van der Waals surface area contributed by atoms with Gasteiger partial charge in [0.2, 0.25) is 0 Å². The number of nitrogens with zero attached hydrogens (tertiary/aromatic N) is 1. The number of benzene rings is 2. The van der Waals surface area contributed by atoms with Gasteiger partial charge in [-0.2, -0.15) is 0 Å². The Balaban J connectivity index is 1.92. The van der Waals surface area contributed by atoms with Crippen molar-refractivity contribution in [1.29, 1.82) is 0 Å². The molecule has 0 unspecified atom stereocenters. The van der Waals surface area contributed by atoms with Crippen molar-refractivity contribution in [2.45, 2.75) is 18.9 Å². The molecule has 1 aliphatic heterocycles. The fourth-order valence-corrected chi connectivity index (χ4v) is 3.51. The highest BCUT2D eigenvalue weighted by Crippen LogP contribution is 2.35. The van der Waals surface area contributed by atoms with Gasteiger partial charge in [-0.15, -0.1) is 0 Å². The number of hydrogen-bond donors (Lipinski definition) is 2. The van der Waals surface area contributed by atoms with Crippen molar-refractivity contribution < 1.29 is 33.0 Å². The first kappa shape index (κ1) is 19.9. The monoisotopic (exact) mass is 393 g/mol. The van der Waals surface area contributed by atoms with Gasteiger partial charge in [0.25, 0.3) is 5.91 Å². The Morgan fingerprint density at radius 2 is 1.71 bits per heavy atom. The summed E-state index contributed by atoms with van der Waals surface area (Å²) in [7, 11) is 0.